The molecule has 0 bridgehead atoms. The van der Waals surface area contributed by atoms with Crippen molar-refractivity contribution in [1.29, 1.82) is 0 Å². The molecular formula is C50H66F2O14. The first-order valence-corrected chi connectivity index (χ1v) is 23.3. The highest BCUT2D eigenvalue weighted by Gasteiger charge is 2.79. The number of carboxylic acid groups (broad SMARTS) is 1. The van der Waals surface area contributed by atoms with Crippen LogP contribution in [0.4, 0.5) is 8.78 Å². The third-order valence-corrected chi connectivity index (χ3v) is 18.1. The number of aliphatic hydroxyl groups is 4. The summed E-state index contributed by atoms with van der Waals surface area (Å²) in [6, 6.07) is 0. The molecular weight excluding hydrogens is 863 g/mol. The van der Waals surface area contributed by atoms with E-state index in [0.717, 1.165) is 6.92 Å². The minimum absolute atomic E-state index is 0.125. The lowest BCUT2D eigenvalue weighted by atomic mass is 9.46. The minimum atomic E-state index is -1.37. The summed E-state index contributed by atoms with van der Waals surface area (Å²) in [6.07, 6.45) is 5.79. The normalized spacial score (nSPS) is 49.3. The van der Waals surface area contributed by atoms with E-state index in [1.54, 1.807) is 39.8 Å². The molecule has 0 aromatic heterocycles. The fraction of sp³-hybridized carbons (Fsp3) is 0.740. The number of alkyl halides is 2. The van der Waals surface area contributed by atoms with E-state index in [1.165, 1.54) is 24.3 Å². The molecule has 14 nitrogen and oxygen atoms in total. The molecule has 10 rings (SSSR count). The van der Waals surface area contributed by atoms with Gasteiger partial charge in [0.25, 0.3) is 5.97 Å². The number of hydrogen-bond donors (Lipinski definition) is 5. The highest BCUT2D eigenvalue weighted by atomic mass is 19.1. The van der Waals surface area contributed by atoms with Gasteiger partial charge in [-0.25, -0.2) is 8.78 Å². The first-order chi connectivity index (χ1) is 30.5. The first-order valence-electron chi connectivity index (χ1n) is 23.3. The number of allylic oxidation sites excluding steroid dienone is 8. The Kier molecular flexibility index (Phi) is 11.8. The highest BCUT2D eigenvalue weighted by molar-refractivity contribution is 6.02. The summed E-state index contributed by atoms with van der Waals surface area (Å²) in [5.41, 5.74) is -5.00. The molecule has 6 saturated carbocycles. The minimum Gasteiger partial charge on any atom is -0.481 e. The SMILES string of the molecule is CC(=O)O.CC1(C)O[C@@H]2C[C@H]3[C@@H]4C[C@H](F)C5=CC(=O)C=C[C@]5(C)[C@H]4[C@@H](O)C[C@]3(C)[C@]2(C(=O)CO)O1.CC1(C)O[C@@H]2C[C@H]3[C@@H]4C[C@H](F)C5=CC(=O)C=C[C@]5(C)[C@H]4[C@@H](O)C[C@]3(C)[C@]2(C(=O)CO)O1. The Bertz CT molecular complexity index is 2070. The van der Waals surface area contributed by atoms with Gasteiger partial charge >= 0.3 is 0 Å². The Hall–Kier alpha value is -3.35. The lowest BCUT2D eigenvalue weighted by molar-refractivity contribution is -0.226. The van der Waals surface area contributed by atoms with Crippen LogP contribution in [0.15, 0.2) is 47.6 Å². The second kappa shape index (κ2) is 15.8. The number of rotatable bonds is 4. The molecule has 0 aromatic rings. The molecule has 18 atom stereocenters. The maximum Gasteiger partial charge on any atom is 0.300 e. The molecule has 0 amide bonds. The Morgan fingerprint density at radius 1 is 0.636 bits per heavy atom. The Labute approximate surface area is 383 Å². The maximum atomic E-state index is 15.4. The molecule has 10 aliphatic rings. The zero-order valence-corrected chi connectivity index (χ0v) is 39.2. The summed E-state index contributed by atoms with van der Waals surface area (Å²) in [5.74, 6) is -5.39. The van der Waals surface area contributed by atoms with Gasteiger partial charge in [0.2, 0.25) is 0 Å². The summed E-state index contributed by atoms with van der Waals surface area (Å²) < 4.78 is 55.7. The van der Waals surface area contributed by atoms with Crippen LogP contribution < -0.4 is 0 Å². The number of aliphatic carboxylic acids is 1. The lowest BCUT2D eigenvalue weighted by Gasteiger charge is -2.60. The van der Waals surface area contributed by atoms with E-state index in [9.17, 15) is 39.6 Å². The smallest absolute Gasteiger partial charge is 0.300 e. The lowest BCUT2D eigenvalue weighted by Crippen LogP contribution is -2.64. The predicted molar refractivity (Wildman–Crippen MR) is 230 cm³/mol. The average molecular weight is 929 g/mol. The van der Waals surface area contributed by atoms with Crippen molar-refractivity contribution in [1.82, 2.24) is 0 Å². The van der Waals surface area contributed by atoms with E-state index in [2.05, 4.69) is 0 Å². The van der Waals surface area contributed by atoms with E-state index in [4.69, 9.17) is 28.8 Å². The van der Waals surface area contributed by atoms with Crippen LogP contribution >= 0.6 is 0 Å². The van der Waals surface area contributed by atoms with Gasteiger partial charge in [-0.15, -0.1) is 0 Å². The number of aliphatic hydroxyl groups excluding tert-OH is 4. The number of ketones is 4. The number of hydrogen-bond acceptors (Lipinski definition) is 13. The number of ether oxygens (including phenoxy) is 4. The van der Waals surface area contributed by atoms with Gasteiger partial charge in [0.15, 0.2) is 45.9 Å². The van der Waals surface area contributed by atoms with Gasteiger partial charge in [0.05, 0.1) is 24.4 Å². The zero-order valence-electron chi connectivity index (χ0n) is 39.2. The Balaban J connectivity index is 0.000000166. The molecule has 0 spiro atoms. The average Bonchev–Trinajstić information content (AvgIpc) is 3.83. The van der Waals surface area contributed by atoms with Crippen LogP contribution in [0, 0.1) is 57.2 Å². The highest BCUT2D eigenvalue weighted by Crippen LogP contribution is 2.72. The van der Waals surface area contributed by atoms with Crippen LogP contribution in [0.2, 0.25) is 0 Å². The number of carbonyl (C=O) groups is 5. The fourth-order valence-electron chi connectivity index (χ4n) is 16.1. The molecule has 8 fully saturated rings. The van der Waals surface area contributed by atoms with E-state index >= 15 is 8.78 Å². The van der Waals surface area contributed by atoms with Crippen molar-refractivity contribution in [3.63, 3.8) is 0 Å². The first kappa shape index (κ1) is 49.1. The number of carboxylic acids is 1. The van der Waals surface area contributed by atoms with Crippen molar-refractivity contribution < 1.29 is 77.2 Å². The standard InChI is InChI=1S/2C24H31FO6.C2H4O2/c2*1-21(2)30-19-9-14-13-8-16(25)15-7-12(27)5-6-22(15,3)20(13)17(28)10-23(14,4)24(19,31-21)18(29)11-26;1-2(3)4/h2*5-7,13-14,16-17,19-20,26,28H,8-11H2,1-4H3;1H3,(H,3,4)/t2*13-,14-,16-,17-,19+,20+,22-,23-,24+;/m00./s1. The van der Waals surface area contributed by atoms with E-state index in [-0.39, 0.29) is 72.8 Å². The summed E-state index contributed by atoms with van der Waals surface area (Å²) in [7, 11) is 0. The quantitative estimate of drug-likeness (QED) is 0.259. The third-order valence-electron chi connectivity index (χ3n) is 18.1. The molecule has 16 heteroatoms. The van der Waals surface area contributed by atoms with Gasteiger partial charge < -0.3 is 44.5 Å². The van der Waals surface area contributed by atoms with Crippen LogP contribution in [0.1, 0.15) is 101 Å². The van der Waals surface area contributed by atoms with Gasteiger partial charge in [-0.1, -0.05) is 39.8 Å². The summed E-state index contributed by atoms with van der Waals surface area (Å²) in [5, 5.41) is 50.0. The van der Waals surface area contributed by atoms with E-state index in [0.29, 0.717) is 24.0 Å². The van der Waals surface area contributed by atoms with Gasteiger partial charge in [-0.3, -0.25) is 24.0 Å². The van der Waals surface area contributed by atoms with Gasteiger partial charge in [-0.05, 0) is 125 Å². The summed E-state index contributed by atoms with van der Waals surface area (Å²) in [6.45, 7) is 14.4. The van der Waals surface area contributed by atoms with Crippen LogP contribution in [-0.4, -0.2) is 127 Å². The van der Waals surface area contributed by atoms with Crippen LogP contribution in [0.25, 0.3) is 0 Å². The van der Waals surface area contributed by atoms with Gasteiger partial charge in [0.1, 0.15) is 25.6 Å². The third kappa shape index (κ3) is 6.76. The van der Waals surface area contributed by atoms with Crippen LogP contribution in [0.5, 0.6) is 0 Å². The molecule has 8 aliphatic carbocycles. The van der Waals surface area contributed by atoms with Gasteiger partial charge in [-0.2, -0.15) is 0 Å². The second-order valence-corrected chi connectivity index (χ2v) is 22.5. The number of Topliss-reactive ketones (excluding diaryl/α,β-unsaturated/α-hetero) is 2. The van der Waals surface area contributed by atoms with E-state index in [1.807, 2.05) is 27.7 Å². The summed E-state index contributed by atoms with van der Waals surface area (Å²) in [4.78, 5) is 59.2. The second-order valence-electron chi connectivity index (χ2n) is 22.5. The molecule has 2 saturated heterocycles. The van der Waals surface area contributed by atoms with Crippen molar-refractivity contribution in [2.75, 3.05) is 13.2 Å². The van der Waals surface area contributed by atoms with Crippen molar-refractivity contribution in [3.05, 3.63) is 47.6 Å². The summed E-state index contributed by atoms with van der Waals surface area (Å²) >= 11 is 0. The topological polar surface area (TPSA) is 223 Å². The van der Waals surface area contributed by atoms with Crippen molar-refractivity contribution in [3.8, 4) is 0 Å². The van der Waals surface area contributed by atoms with Gasteiger partial charge in [0, 0.05) is 40.4 Å². The molecule has 364 valence electrons. The number of halogens is 2. The zero-order chi connectivity index (χ0) is 48.7. The van der Waals surface area contributed by atoms with Crippen LogP contribution in [-0.2, 0) is 42.9 Å². The van der Waals surface area contributed by atoms with E-state index < -0.39 is 112 Å². The number of fused-ring (bicyclic) bond motifs is 14. The molecule has 2 heterocycles. The molecule has 0 aromatic carbocycles. The molecule has 0 unspecified atom stereocenters. The maximum absolute atomic E-state index is 15.4. The van der Waals surface area contributed by atoms with Crippen molar-refractivity contribution >= 4 is 29.1 Å². The predicted octanol–water partition coefficient (Wildman–Crippen LogP) is 4.64. The molecule has 66 heavy (non-hydrogen) atoms. The Morgan fingerprint density at radius 3 is 1.29 bits per heavy atom. The Morgan fingerprint density at radius 2 is 0.970 bits per heavy atom. The fourth-order valence-corrected chi connectivity index (χ4v) is 16.1. The van der Waals surface area contributed by atoms with Crippen molar-refractivity contribution in [2.45, 2.75) is 160 Å². The molecule has 0 radical (unpaired) electrons. The largest absolute Gasteiger partial charge is 0.481 e. The van der Waals surface area contributed by atoms with Crippen LogP contribution in [0.3, 0.4) is 0 Å². The monoisotopic (exact) mass is 928 g/mol. The number of carbonyl (C=O) groups excluding carboxylic acids is 4. The van der Waals surface area contributed by atoms with Crippen molar-refractivity contribution in [2.24, 2.45) is 57.2 Å². The molecule has 2 aliphatic heterocycles. The molecule has 5 N–H and O–H groups in total.